The first-order valence-corrected chi connectivity index (χ1v) is 15.4. The number of nitrogens with one attached hydrogen (secondary N) is 1. The highest BCUT2D eigenvalue weighted by atomic mass is 35.5. The van der Waals surface area contributed by atoms with Gasteiger partial charge >= 0.3 is 0 Å². The molecule has 1 amide bonds. The second-order valence-corrected chi connectivity index (χ2v) is 12.7. The lowest BCUT2D eigenvalue weighted by Crippen LogP contribution is -2.39. The van der Waals surface area contributed by atoms with Crippen molar-refractivity contribution in [3.05, 3.63) is 57.6 Å². The minimum absolute atomic E-state index is 0.0395. The topological polar surface area (TPSA) is 96.2 Å². The molecule has 0 spiro atoms. The molecule has 1 aromatic heterocycles. The van der Waals surface area contributed by atoms with Crippen LogP contribution in [-0.4, -0.2) is 67.6 Å². The van der Waals surface area contributed by atoms with Gasteiger partial charge in [-0.1, -0.05) is 52.9 Å². The molecule has 208 valence electrons. The van der Waals surface area contributed by atoms with Gasteiger partial charge in [-0.2, -0.15) is 4.68 Å². The summed E-state index contributed by atoms with van der Waals surface area (Å²) in [7, 11) is 0. The second kappa shape index (κ2) is 11.7. The summed E-state index contributed by atoms with van der Waals surface area (Å²) in [5, 5.41) is 26.0. The Bertz CT molecular complexity index is 1470. The van der Waals surface area contributed by atoms with Gasteiger partial charge in [0.05, 0.1) is 33.3 Å². The van der Waals surface area contributed by atoms with E-state index < -0.39 is 0 Å². The Morgan fingerprint density at radius 1 is 1.10 bits per heavy atom. The molecule has 11 heteroatoms. The number of tetrazole rings is 1. The number of hydrogen-bond acceptors (Lipinski definition) is 7. The van der Waals surface area contributed by atoms with Crippen LogP contribution in [0, 0.1) is 17.3 Å². The maximum absolute atomic E-state index is 12.7. The molecule has 8 nitrogen and oxygen atoms in total. The molecule has 0 bridgehead atoms. The van der Waals surface area contributed by atoms with Crippen molar-refractivity contribution in [1.29, 1.82) is 0 Å². The smallest absolute Gasteiger partial charge is 0.234 e. The number of carbonyl (C=O) groups excluding carboxylic acids is 1. The van der Waals surface area contributed by atoms with Crippen LogP contribution >= 0.6 is 35.0 Å². The SMILES string of the molecule is O=C(CSc1nnnn1-c1ccc(C2CC2)cc1Cl)Nc1ccc(C#CC2(CN3CCC(O)CC3)CC2)cc1Cl. The zero-order chi connectivity index (χ0) is 27.7. The van der Waals surface area contributed by atoms with E-state index >= 15 is 0 Å². The standard InChI is InChI=1S/C29H30Cl2N6O2S/c30-23-15-19(7-10-29(11-12-29)18-36-13-8-22(38)9-14-36)1-5-25(23)32-27(39)17-40-28-33-34-35-37(28)26-6-4-21(16-24(26)31)20-2-3-20/h1,4-6,15-16,20,22,38H,2-3,8-9,11-14,17-18H2,(H,32,39). The van der Waals surface area contributed by atoms with Gasteiger partial charge in [0.1, 0.15) is 0 Å². The number of amides is 1. The van der Waals surface area contributed by atoms with Crippen molar-refractivity contribution >= 4 is 46.6 Å². The molecule has 0 radical (unpaired) electrons. The zero-order valence-corrected chi connectivity index (χ0v) is 24.3. The van der Waals surface area contributed by atoms with E-state index in [9.17, 15) is 9.90 Å². The molecule has 0 unspecified atom stereocenters. The van der Waals surface area contributed by atoms with Crippen LogP contribution in [0.15, 0.2) is 41.6 Å². The maximum atomic E-state index is 12.7. The van der Waals surface area contributed by atoms with Crippen molar-refractivity contribution in [3.63, 3.8) is 0 Å². The second-order valence-electron chi connectivity index (χ2n) is 10.9. The number of likely N-dealkylation sites (tertiary alicyclic amines) is 1. The van der Waals surface area contributed by atoms with Crippen molar-refractivity contribution < 1.29 is 9.90 Å². The van der Waals surface area contributed by atoms with Gasteiger partial charge in [-0.3, -0.25) is 4.79 Å². The predicted octanol–water partition coefficient (Wildman–Crippen LogP) is 5.17. The summed E-state index contributed by atoms with van der Waals surface area (Å²) in [6.45, 7) is 2.81. The number of hydrogen-bond donors (Lipinski definition) is 2. The summed E-state index contributed by atoms with van der Waals surface area (Å²) in [4.78, 5) is 15.1. The van der Waals surface area contributed by atoms with Gasteiger partial charge in [-0.05, 0) is 90.8 Å². The number of nitrogens with zero attached hydrogens (tertiary/aromatic N) is 5. The normalized spacial score (nSPS) is 18.7. The van der Waals surface area contributed by atoms with Crippen molar-refractivity contribution in [1.82, 2.24) is 25.1 Å². The van der Waals surface area contributed by atoms with E-state index in [4.69, 9.17) is 23.2 Å². The molecule has 2 aliphatic carbocycles. The molecule has 2 N–H and O–H groups in total. The molecule has 3 fully saturated rings. The first-order valence-electron chi connectivity index (χ1n) is 13.6. The lowest BCUT2D eigenvalue weighted by Gasteiger charge is -2.31. The van der Waals surface area contributed by atoms with Crippen molar-refractivity contribution in [2.24, 2.45) is 5.41 Å². The Morgan fingerprint density at radius 3 is 2.60 bits per heavy atom. The third-order valence-corrected chi connectivity index (χ3v) is 9.21. The van der Waals surface area contributed by atoms with Gasteiger partial charge in [-0.25, -0.2) is 0 Å². The van der Waals surface area contributed by atoms with Crippen LogP contribution in [0.25, 0.3) is 5.69 Å². The van der Waals surface area contributed by atoms with Crippen LogP contribution < -0.4 is 5.32 Å². The van der Waals surface area contributed by atoms with Crippen LogP contribution in [0.2, 0.25) is 10.0 Å². The summed E-state index contributed by atoms with van der Waals surface area (Å²) in [5.74, 6) is 7.23. The van der Waals surface area contributed by atoms with E-state index in [2.05, 4.69) is 43.6 Å². The fraction of sp³-hybridized carbons (Fsp3) is 0.448. The molecule has 1 saturated heterocycles. The summed E-state index contributed by atoms with van der Waals surface area (Å²) < 4.78 is 1.55. The molecule has 6 rings (SSSR count). The van der Waals surface area contributed by atoms with Crippen LogP contribution in [0.1, 0.15) is 55.6 Å². The van der Waals surface area contributed by atoms with Crippen LogP contribution in [0.3, 0.4) is 0 Å². The number of halogens is 2. The number of aliphatic hydroxyl groups excluding tert-OH is 1. The Hall–Kier alpha value is -2.61. The lowest BCUT2D eigenvalue weighted by atomic mass is 10.0. The van der Waals surface area contributed by atoms with Crippen molar-refractivity contribution in [2.45, 2.75) is 55.7 Å². The fourth-order valence-electron chi connectivity index (χ4n) is 4.98. The average Bonchev–Trinajstić information content (AvgIpc) is 3.88. The quantitative estimate of drug-likeness (QED) is 0.274. The Labute approximate surface area is 247 Å². The summed E-state index contributed by atoms with van der Waals surface area (Å²) in [5.41, 5.74) is 3.31. The number of aromatic nitrogens is 4. The van der Waals surface area contributed by atoms with Gasteiger partial charge in [0.15, 0.2) is 0 Å². The minimum Gasteiger partial charge on any atom is -0.393 e. The number of aliphatic hydroxyl groups is 1. The van der Waals surface area contributed by atoms with E-state index in [0.29, 0.717) is 32.5 Å². The van der Waals surface area contributed by atoms with E-state index in [-0.39, 0.29) is 23.2 Å². The molecule has 3 aliphatic rings. The molecule has 2 heterocycles. The van der Waals surface area contributed by atoms with Crippen LogP contribution in [0.4, 0.5) is 5.69 Å². The molecule has 2 aromatic carbocycles. The Kier molecular flexibility index (Phi) is 8.07. The number of carbonyl (C=O) groups is 1. The van der Waals surface area contributed by atoms with Crippen molar-refractivity contribution in [3.8, 4) is 17.5 Å². The third kappa shape index (κ3) is 6.64. The summed E-state index contributed by atoms with van der Waals surface area (Å²) >= 11 is 14.2. The predicted molar refractivity (Wildman–Crippen MR) is 157 cm³/mol. The monoisotopic (exact) mass is 596 g/mol. The van der Waals surface area contributed by atoms with E-state index in [1.54, 1.807) is 16.8 Å². The molecule has 1 aliphatic heterocycles. The molecule has 3 aromatic rings. The highest BCUT2D eigenvalue weighted by molar-refractivity contribution is 7.99. The number of benzene rings is 2. The lowest BCUT2D eigenvalue weighted by molar-refractivity contribution is -0.113. The Morgan fingerprint density at radius 2 is 1.90 bits per heavy atom. The van der Waals surface area contributed by atoms with Gasteiger partial charge < -0.3 is 15.3 Å². The van der Waals surface area contributed by atoms with Crippen LogP contribution in [-0.2, 0) is 4.79 Å². The average molecular weight is 598 g/mol. The van der Waals surface area contributed by atoms with Crippen LogP contribution in [0.5, 0.6) is 0 Å². The maximum Gasteiger partial charge on any atom is 0.234 e. The Balaban J connectivity index is 1.04. The van der Waals surface area contributed by atoms with E-state index in [0.717, 1.165) is 50.9 Å². The zero-order valence-electron chi connectivity index (χ0n) is 21.9. The summed E-state index contributed by atoms with van der Waals surface area (Å²) in [6.07, 6.45) is 6.10. The third-order valence-electron chi connectivity index (χ3n) is 7.67. The summed E-state index contributed by atoms with van der Waals surface area (Å²) in [6, 6.07) is 11.4. The molecule has 40 heavy (non-hydrogen) atoms. The van der Waals surface area contributed by atoms with E-state index in [1.165, 1.54) is 30.2 Å². The van der Waals surface area contributed by atoms with Gasteiger partial charge in [0.2, 0.25) is 11.1 Å². The highest BCUT2D eigenvalue weighted by Crippen LogP contribution is 2.46. The fourth-order valence-corrected chi connectivity index (χ4v) is 6.16. The van der Waals surface area contributed by atoms with Gasteiger partial charge in [0, 0.05) is 30.6 Å². The largest absolute Gasteiger partial charge is 0.393 e. The number of piperidine rings is 1. The minimum atomic E-state index is -0.223. The number of anilines is 1. The van der Waals surface area contributed by atoms with Crippen molar-refractivity contribution in [2.75, 3.05) is 30.7 Å². The molecule has 0 atom stereocenters. The molecular formula is C29H30Cl2N6O2S. The highest BCUT2D eigenvalue weighted by Gasteiger charge is 2.42. The van der Waals surface area contributed by atoms with Gasteiger partial charge in [0.25, 0.3) is 0 Å². The van der Waals surface area contributed by atoms with Gasteiger partial charge in [-0.15, -0.1) is 5.10 Å². The first-order chi connectivity index (χ1) is 19.4. The van der Waals surface area contributed by atoms with E-state index in [1.807, 2.05) is 18.2 Å². The number of rotatable bonds is 8. The first kappa shape index (κ1) is 27.6. The number of thioether (sulfide) groups is 1. The molecule has 2 saturated carbocycles. The molecular weight excluding hydrogens is 567 g/mol.